The molecule has 0 aromatic heterocycles. The summed E-state index contributed by atoms with van der Waals surface area (Å²) in [6, 6.07) is 10.3. The molecule has 1 unspecified atom stereocenters. The highest BCUT2D eigenvalue weighted by molar-refractivity contribution is 5.34. The van der Waals surface area contributed by atoms with E-state index in [0.29, 0.717) is 12.1 Å². The zero-order chi connectivity index (χ0) is 12.4. The number of fused-ring (bicyclic) bond motifs is 1. The summed E-state index contributed by atoms with van der Waals surface area (Å²) in [5.74, 6) is 0.909. The Labute approximate surface area is 111 Å². The van der Waals surface area contributed by atoms with Crippen LogP contribution in [0.15, 0.2) is 24.3 Å². The number of aryl methyl sites for hydroxylation is 1. The van der Waals surface area contributed by atoms with Crippen molar-refractivity contribution in [3.63, 3.8) is 0 Å². The van der Waals surface area contributed by atoms with Crippen molar-refractivity contribution in [2.75, 3.05) is 0 Å². The number of benzene rings is 1. The largest absolute Gasteiger partial charge is 0.307 e. The molecule has 0 bridgehead atoms. The van der Waals surface area contributed by atoms with E-state index in [4.69, 9.17) is 0 Å². The Morgan fingerprint density at radius 1 is 1.06 bits per heavy atom. The van der Waals surface area contributed by atoms with Gasteiger partial charge in [-0.25, -0.2) is 0 Å². The van der Waals surface area contributed by atoms with Crippen molar-refractivity contribution in [1.82, 2.24) is 5.32 Å². The number of hydrogen-bond donors (Lipinski definition) is 1. The molecule has 2 aliphatic carbocycles. The minimum Gasteiger partial charge on any atom is -0.307 e. The molecule has 0 amide bonds. The summed E-state index contributed by atoms with van der Waals surface area (Å²) in [6.45, 7) is 2.40. The summed E-state index contributed by atoms with van der Waals surface area (Å²) in [6.07, 6.45) is 9.75. The van der Waals surface area contributed by atoms with Crippen LogP contribution in [-0.2, 0) is 6.42 Å². The normalized spacial score (nSPS) is 25.9. The molecule has 0 aliphatic heterocycles. The van der Waals surface area contributed by atoms with E-state index in [-0.39, 0.29) is 0 Å². The van der Waals surface area contributed by atoms with Gasteiger partial charge in [0.15, 0.2) is 0 Å². The lowest BCUT2D eigenvalue weighted by molar-refractivity contribution is 0.264. The predicted octanol–water partition coefficient (Wildman–Crippen LogP) is 4.23. The topological polar surface area (TPSA) is 12.0 Å². The lowest BCUT2D eigenvalue weighted by Crippen LogP contribution is -2.36. The van der Waals surface area contributed by atoms with Gasteiger partial charge in [0.25, 0.3) is 0 Å². The molecule has 1 saturated carbocycles. The van der Waals surface area contributed by atoms with Gasteiger partial charge in [-0.1, -0.05) is 43.5 Å². The summed E-state index contributed by atoms with van der Waals surface area (Å²) in [5.41, 5.74) is 3.12. The van der Waals surface area contributed by atoms with Gasteiger partial charge in [-0.2, -0.15) is 0 Å². The third-order valence-corrected chi connectivity index (χ3v) is 4.95. The van der Waals surface area contributed by atoms with Gasteiger partial charge in [-0.3, -0.25) is 0 Å². The molecule has 1 aromatic rings. The van der Waals surface area contributed by atoms with Gasteiger partial charge >= 0.3 is 0 Å². The zero-order valence-corrected chi connectivity index (χ0v) is 11.5. The molecule has 1 fully saturated rings. The van der Waals surface area contributed by atoms with Crippen LogP contribution in [0.1, 0.15) is 62.6 Å². The van der Waals surface area contributed by atoms with E-state index in [9.17, 15) is 0 Å². The molecule has 0 heterocycles. The van der Waals surface area contributed by atoms with Gasteiger partial charge in [0.2, 0.25) is 0 Å². The van der Waals surface area contributed by atoms with Gasteiger partial charge in [0, 0.05) is 12.1 Å². The van der Waals surface area contributed by atoms with Crippen LogP contribution in [0.3, 0.4) is 0 Å². The smallest absolute Gasteiger partial charge is 0.0328 e. The Bertz CT molecular complexity index is 392. The Morgan fingerprint density at radius 3 is 2.67 bits per heavy atom. The monoisotopic (exact) mass is 243 g/mol. The molecule has 18 heavy (non-hydrogen) atoms. The second kappa shape index (κ2) is 5.44. The van der Waals surface area contributed by atoms with Crippen LogP contribution in [0.2, 0.25) is 0 Å². The summed E-state index contributed by atoms with van der Waals surface area (Å²) in [4.78, 5) is 0. The fourth-order valence-corrected chi connectivity index (χ4v) is 3.82. The number of nitrogens with one attached hydrogen (secondary N) is 1. The van der Waals surface area contributed by atoms with E-state index in [2.05, 4.69) is 36.5 Å². The molecule has 0 radical (unpaired) electrons. The van der Waals surface area contributed by atoms with Crippen molar-refractivity contribution in [2.45, 2.75) is 64.0 Å². The molecule has 1 nitrogen and oxygen atoms in total. The van der Waals surface area contributed by atoms with Gasteiger partial charge in [-0.05, 0) is 49.7 Å². The van der Waals surface area contributed by atoms with Crippen molar-refractivity contribution in [1.29, 1.82) is 0 Å². The van der Waals surface area contributed by atoms with Crippen LogP contribution in [-0.4, -0.2) is 6.04 Å². The number of rotatable bonds is 3. The Kier molecular flexibility index (Phi) is 3.69. The van der Waals surface area contributed by atoms with E-state index in [1.54, 1.807) is 11.1 Å². The molecular formula is C17H25N. The van der Waals surface area contributed by atoms with Crippen molar-refractivity contribution >= 4 is 0 Å². The first kappa shape index (κ1) is 12.2. The Hall–Kier alpha value is -0.820. The highest BCUT2D eigenvalue weighted by Gasteiger charge is 2.26. The molecule has 0 saturated heterocycles. The van der Waals surface area contributed by atoms with E-state index in [0.717, 1.165) is 5.92 Å². The van der Waals surface area contributed by atoms with Gasteiger partial charge in [0.05, 0.1) is 0 Å². The van der Waals surface area contributed by atoms with Crippen LogP contribution in [0.25, 0.3) is 0 Å². The molecule has 1 heteroatoms. The van der Waals surface area contributed by atoms with E-state index in [1.807, 2.05) is 0 Å². The van der Waals surface area contributed by atoms with E-state index >= 15 is 0 Å². The fourth-order valence-electron chi connectivity index (χ4n) is 3.82. The second-order valence-electron chi connectivity index (χ2n) is 6.14. The van der Waals surface area contributed by atoms with Crippen molar-refractivity contribution in [3.05, 3.63) is 35.4 Å². The van der Waals surface area contributed by atoms with Crippen LogP contribution in [0, 0.1) is 5.92 Å². The summed E-state index contributed by atoms with van der Waals surface area (Å²) in [5, 5.41) is 3.90. The third-order valence-electron chi connectivity index (χ3n) is 4.95. The molecular weight excluding hydrogens is 218 g/mol. The van der Waals surface area contributed by atoms with E-state index < -0.39 is 0 Å². The maximum Gasteiger partial charge on any atom is 0.0328 e. The average molecular weight is 243 g/mol. The standard InChI is InChI=1S/C17H25N/c1-13(14-7-3-2-4-8-14)18-17-12-11-15-9-5-6-10-16(15)17/h5-6,9-10,13-14,17-18H,2-4,7-8,11-12H2,1H3/t13-,17?/m1/s1. The van der Waals surface area contributed by atoms with E-state index in [1.165, 1.54) is 44.9 Å². The number of hydrogen-bond acceptors (Lipinski definition) is 1. The molecule has 98 valence electrons. The summed E-state index contributed by atoms with van der Waals surface area (Å²) < 4.78 is 0. The quantitative estimate of drug-likeness (QED) is 0.837. The van der Waals surface area contributed by atoms with Gasteiger partial charge in [-0.15, -0.1) is 0 Å². The van der Waals surface area contributed by atoms with Crippen LogP contribution in [0.5, 0.6) is 0 Å². The minimum absolute atomic E-state index is 0.609. The average Bonchev–Trinajstić information content (AvgIpc) is 2.83. The summed E-state index contributed by atoms with van der Waals surface area (Å²) in [7, 11) is 0. The predicted molar refractivity (Wildman–Crippen MR) is 76.7 cm³/mol. The first-order chi connectivity index (χ1) is 8.84. The minimum atomic E-state index is 0.609. The zero-order valence-electron chi connectivity index (χ0n) is 11.5. The molecule has 2 aliphatic rings. The van der Waals surface area contributed by atoms with Crippen LogP contribution in [0.4, 0.5) is 0 Å². The SMILES string of the molecule is C[C@@H](NC1CCc2ccccc21)C1CCCCC1. The van der Waals surface area contributed by atoms with Crippen molar-refractivity contribution < 1.29 is 0 Å². The second-order valence-corrected chi connectivity index (χ2v) is 6.14. The molecule has 3 rings (SSSR count). The highest BCUT2D eigenvalue weighted by Crippen LogP contribution is 2.33. The molecule has 1 aromatic carbocycles. The fraction of sp³-hybridized carbons (Fsp3) is 0.647. The van der Waals surface area contributed by atoms with Crippen molar-refractivity contribution in [2.24, 2.45) is 5.92 Å². The lowest BCUT2D eigenvalue weighted by atomic mass is 9.84. The Balaban J connectivity index is 1.63. The van der Waals surface area contributed by atoms with Crippen LogP contribution < -0.4 is 5.32 Å². The maximum absolute atomic E-state index is 3.90. The van der Waals surface area contributed by atoms with Crippen LogP contribution >= 0.6 is 0 Å². The lowest BCUT2D eigenvalue weighted by Gasteiger charge is -2.31. The molecule has 2 atom stereocenters. The highest BCUT2D eigenvalue weighted by atomic mass is 15.0. The first-order valence-corrected chi connectivity index (χ1v) is 7.68. The molecule has 1 N–H and O–H groups in total. The van der Waals surface area contributed by atoms with Gasteiger partial charge in [0.1, 0.15) is 0 Å². The molecule has 0 spiro atoms. The van der Waals surface area contributed by atoms with Gasteiger partial charge < -0.3 is 5.32 Å². The Morgan fingerprint density at radius 2 is 1.83 bits per heavy atom. The summed E-state index contributed by atoms with van der Waals surface area (Å²) >= 11 is 0. The van der Waals surface area contributed by atoms with Crippen molar-refractivity contribution in [3.8, 4) is 0 Å². The maximum atomic E-state index is 3.90. The first-order valence-electron chi connectivity index (χ1n) is 7.68. The third kappa shape index (κ3) is 2.47.